The van der Waals surface area contributed by atoms with Gasteiger partial charge >= 0.3 is 0 Å². The van der Waals surface area contributed by atoms with Crippen LogP contribution < -0.4 is 0 Å². The normalized spacial score (nSPS) is 21.9. The Balaban J connectivity index is 1.77. The van der Waals surface area contributed by atoms with Gasteiger partial charge in [-0.15, -0.1) is 0 Å². The van der Waals surface area contributed by atoms with E-state index in [0.29, 0.717) is 10.6 Å². The fourth-order valence-corrected chi connectivity index (χ4v) is 3.51. The van der Waals surface area contributed by atoms with Crippen molar-refractivity contribution < 1.29 is 9.53 Å². The molecule has 5 heteroatoms. The summed E-state index contributed by atoms with van der Waals surface area (Å²) in [5, 5.41) is 0.434. The Labute approximate surface area is 124 Å². The molecular formula is C15H19ClN2O2. The van der Waals surface area contributed by atoms with Crippen molar-refractivity contribution in [2.45, 2.75) is 25.7 Å². The lowest BCUT2D eigenvalue weighted by Gasteiger charge is -2.45. The van der Waals surface area contributed by atoms with E-state index in [0.717, 1.165) is 45.6 Å². The van der Waals surface area contributed by atoms with Crippen LogP contribution in [0.2, 0.25) is 5.02 Å². The largest absolute Gasteiger partial charge is 0.381 e. The van der Waals surface area contributed by atoms with Crippen LogP contribution in [0.5, 0.6) is 0 Å². The molecule has 2 aliphatic rings. The van der Waals surface area contributed by atoms with Gasteiger partial charge in [-0.25, -0.2) is 0 Å². The lowest BCUT2D eigenvalue weighted by molar-refractivity contribution is -0.0229. The van der Waals surface area contributed by atoms with Gasteiger partial charge in [-0.1, -0.05) is 11.6 Å². The first-order valence-corrected chi connectivity index (χ1v) is 7.55. The van der Waals surface area contributed by atoms with Crippen LogP contribution >= 0.6 is 11.6 Å². The molecule has 3 heterocycles. The summed E-state index contributed by atoms with van der Waals surface area (Å²) < 4.78 is 5.46. The molecule has 0 atom stereocenters. The summed E-state index contributed by atoms with van der Waals surface area (Å²) in [5.41, 5.74) is 0.817. The van der Waals surface area contributed by atoms with Gasteiger partial charge in [0.25, 0.3) is 5.91 Å². The number of piperidine rings is 1. The first-order chi connectivity index (χ1) is 9.70. The van der Waals surface area contributed by atoms with Gasteiger partial charge in [-0.2, -0.15) is 0 Å². The smallest absolute Gasteiger partial charge is 0.255 e. The van der Waals surface area contributed by atoms with Crippen molar-refractivity contribution in [2.24, 2.45) is 5.41 Å². The van der Waals surface area contributed by atoms with Gasteiger partial charge < -0.3 is 9.64 Å². The highest BCUT2D eigenvalue weighted by Crippen LogP contribution is 2.39. The zero-order valence-electron chi connectivity index (χ0n) is 11.5. The van der Waals surface area contributed by atoms with Crippen molar-refractivity contribution in [3.8, 4) is 0 Å². The number of likely N-dealkylation sites (tertiary alicyclic amines) is 1. The number of amides is 1. The second-order valence-corrected chi connectivity index (χ2v) is 6.21. The van der Waals surface area contributed by atoms with E-state index < -0.39 is 0 Å². The zero-order valence-corrected chi connectivity index (χ0v) is 12.2. The maximum absolute atomic E-state index is 12.6. The van der Waals surface area contributed by atoms with Crippen LogP contribution in [0.25, 0.3) is 0 Å². The summed E-state index contributed by atoms with van der Waals surface area (Å²) in [6.07, 6.45) is 7.52. The van der Waals surface area contributed by atoms with Gasteiger partial charge in [0, 0.05) is 38.7 Å². The Morgan fingerprint density at radius 3 is 2.90 bits per heavy atom. The molecule has 108 valence electrons. The average Bonchev–Trinajstić information content (AvgIpc) is 2.48. The fraction of sp³-hybridized carbons (Fsp3) is 0.600. The highest BCUT2D eigenvalue weighted by atomic mass is 35.5. The van der Waals surface area contributed by atoms with Crippen molar-refractivity contribution in [3.63, 3.8) is 0 Å². The molecule has 2 fully saturated rings. The molecule has 20 heavy (non-hydrogen) atoms. The Hall–Kier alpha value is -1.13. The quantitative estimate of drug-likeness (QED) is 0.800. The van der Waals surface area contributed by atoms with Gasteiger partial charge in [0.05, 0.1) is 10.6 Å². The number of ether oxygens (including phenoxy) is 1. The third-order valence-corrected chi connectivity index (χ3v) is 4.81. The van der Waals surface area contributed by atoms with Crippen molar-refractivity contribution in [1.29, 1.82) is 0 Å². The number of hydrogen-bond donors (Lipinski definition) is 0. The maximum atomic E-state index is 12.6. The summed E-state index contributed by atoms with van der Waals surface area (Å²) in [4.78, 5) is 18.5. The predicted molar refractivity (Wildman–Crippen MR) is 76.9 cm³/mol. The molecule has 3 rings (SSSR count). The monoisotopic (exact) mass is 294 g/mol. The van der Waals surface area contributed by atoms with Gasteiger partial charge in [0.2, 0.25) is 0 Å². The van der Waals surface area contributed by atoms with Crippen LogP contribution in [-0.2, 0) is 4.74 Å². The van der Waals surface area contributed by atoms with Gasteiger partial charge in [0.1, 0.15) is 0 Å². The summed E-state index contributed by atoms with van der Waals surface area (Å²) in [5.74, 6) is 0.0305. The SMILES string of the molecule is O=C(c1ccncc1Cl)N1CCCC2(CCOCC2)C1. The number of rotatable bonds is 1. The molecule has 0 saturated carbocycles. The molecule has 2 aliphatic heterocycles. The molecule has 0 aromatic carbocycles. The van der Waals surface area contributed by atoms with Crippen molar-refractivity contribution in [1.82, 2.24) is 9.88 Å². The first kappa shape index (κ1) is 13.8. The summed E-state index contributed by atoms with van der Waals surface area (Å²) in [7, 11) is 0. The molecule has 0 radical (unpaired) electrons. The third kappa shape index (κ3) is 2.67. The minimum atomic E-state index is 0.0305. The molecule has 1 spiro atoms. The van der Waals surface area contributed by atoms with Gasteiger partial charge in [-0.3, -0.25) is 9.78 Å². The van der Waals surface area contributed by atoms with E-state index in [4.69, 9.17) is 16.3 Å². The second kappa shape index (κ2) is 5.70. The summed E-state index contributed by atoms with van der Waals surface area (Å²) in [6, 6.07) is 1.70. The minimum Gasteiger partial charge on any atom is -0.381 e. The van der Waals surface area contributed by atoms with Crippen LogP contribution in [-0.4, -0.2) is 42.1 Å². The van der Waals surface area contributed by atoms with Crippen LogP contribution in [0.1, 0.15) is 36.0 Å². The Kier molecular flexibility index (Phi) is 3.94. The Morgan fingerprint density at radius 2 is 2.15 bits per heavy atom. The predicted octanol–water partition coefficient (Wildman–Crippen LogP) is 2.77. The van der Waals surface area contributed by atoms with Crippen LogP contribution in [0.3, 0.4) is 0 Å². The molecule has 0 N–H and O–H groups in total. The lowest BCUT2D eigenvalue weighted by Crippen LogP contribution is -2.48. The van der Waals surface area contributed by atoms with Crippen LogP contribution in [0.4, 0.5) is 0 Å². The number of nitrogens with zero attached hydrogens (tertiary/aromatic N) is 2. The number of pyridine rings is 1. The van der Waals surface area contributed by atoms with E-state index in [9.17, 15) is 4.79 Å². The molecule has 1 amide bonds. The number of hydrogen-bond acceptors (Lipinski definition) is 3. The van der Waals surface area contributed by atoms with E-state index in [1.807, 2.05) is 4.90 Å². The minimum absolute atomic E-state index is 0.0305. The Bertz CT molecular complexity index is 495. The summed E-state index contributed by atoms with van der Waals surface area (Å²) in [6.45, 7) is 3.28. The maximum Gasteiger partial charge on any atom is 0.255 e. The molecule has 1 aromatic rings. The molecular weight excluding hydrogens is 276 g/mol. The molecule has 1 aromatic heterocycles. The zero-order chi connectivity index (χ0) is 14.0. The van der Waals surface area contributed by atoms with Crippen LogP contribution in [0.15, 0.2) is 18.5 Å². The number of carbonyl (C=O) groups excluding carboxylic acids is 1. The van der Waals surface area contributed by atoms with E-state index in [-0.39, 0.29) is 11.3 Å². The van der Waals surface area contributed by atoms with Crippen molar-refractivity contribution in [2.75, 3.05) is 26.3 Å². The van der Waals surface area contributed by atoms with E-state index >= 15 is 0 Å². The second-order valence-electron chi connectivity index (χ2n) is 5.80. The van der Waals surface area contributed by atoms with Crippen LogP contribution in [0, 0.1) is 5.41 Å². The number of halogens is 1. The molecule has 4 nitrogen and oxygen atoms in total. The van der Waals surface area contributed by atoms with Gasteiger partial charge in [-0.05, 0) is 37.2 Å². The van der Waals surface area contributed by atoms with Gasteiger partial charge in [0.15, 0.2) is 0 Å². The standard InChI is InChI=1S/C15H19ClN2O2/c16-13-10-17-6-2-12(13)14(19)18-7-1-3-15(11-18)4-8-20-9-5-15/h2,6,10H,1,3-5,7-9,11H2. The van der Waals surface area contributed by atoms with Crippen molar-refractivity contribution >= 4 is 17.5 Å². The third-order valence-electron chi connectivity index (χ3n) is 4.50. The summed E-state index contributed by atoms with van der Waals surface area (Å²) >= 11 is 6.09. The van der Waals surface area contributed by atoms with E-state index in [1.54, 1.807) is 12.3 Å². The van der Waals surface area contributed by atoms with E-state index in [2.05, 4.69) is 4.98 Å². The Morgan fingerprint density at radius 1 is 1.35 bits per heavy atom. The first-order valence-electron chi connectivity index (χ1n) is 7.17. The van der Waals surface area contributed by atoms with Crippen molar-refractivity contribution in [3.05, 3.63) is 29.0 Å². The number of carbonyl (C=O) groups is 1. The highest BCUT2D eigenvalue weighted by Gasteiger charge is 2.38. The highest BCUT2D eigenvalue weighted by molar-refractivity contribution is 6.33. The topological polar surface area (TPSA) is 42.4 Å². The molecule has 0 aliphatic carbocycles. The lowest BCUT2D eigenvalue weighted by atomic mass is 9.74. The fourth-order valence-electron chi connectivity index (χ4n) is 3.31. The number of aromatic nitrogens is 1. The molecule has 2 saturated heterocycles. The van der Waals surface area contributed by atoms with E-state index in [1.165, 1.54) is 12.6 Å². The molecule has 0 unspecified atom stereocenters. The molecule has 0 bridgehead atoms. The average molecular weight is 295 g/mol.